The SMILES string of the molecule is C=CC1=C(N=C)C(C)CSC1. The highest BCUT2D eigenvalue weighted by Crippen LogP contribution is 2.29. The Morgan fingerprint density at radius 2 is 2.45 bits per heavy atom. The maximum Gasteiger partial charge on any atom is 0.0472 e. The predicted molar refractivity (Wildman–Crippen MR) is 53.3 cm³/mol. The third-order valence-corrected chi connectivity index (χ3v) is 3.09. The second-order valence-electron chi connectivity index (χ2n) is 2.69. The van der Waals surface area contributed by atoms with Crippen molar-refractivity contribution in [1.29, 1.82) is 0 Å². The van der Waals surface area contributed by atoms with Crippen molar-refractivity contribution in [3.05, 3.63) is 23.9 Å². The summed E-state index contributed by atoms with van der Waals surface area (Å²) in [6, 6.07) is 0. The smallest absolute Gasteiger partial charge is 0.0472 e. The standard InChI is InChI=1S/C9H13NS/c1-4-8-6-11-5-7(2)9(8)10-3/h4,7H,1,3,5-6H2,2H3. The first-order chi connectivity index (χ1) is 5.29. The van der Waals surface area contributed by atoms with E-state index >= 15 is 0 Å². The lowest BCUT2D eigenvalue weighted by Crippen LogP contribution is -2.10. The van der Waals surface area contributed by atoms with Gasteiger partial charge in [0.25, 0.3) is 0 Å². The quantitative estimate of drug-likeness (QED) is 0.576. The molecule has 1 aliphatic rings. The third-order valence-electron chi connectivity index (χ3n) is 1.84. The third kappa shape index (κ3) is 1.74. The van der Waals surface area contributed by atoms with Gasteiger partial charge in [-0.05, 0) is 12.3 Å². The highest BCUT2D eigenvalue weighted by Gasteiger charge is 2.16. The Balaban J connectivity index is 2.94. The molecule has 1 nitrogen and oxygen atoms in total. The molecule has 0 spiro atoms. The van der Waals surface area contributed by atoms with E-state index in [1.807, 2.05) is 17.8 Å². The second kappa shape index (κ2) is 3.77. The Labute approximate surface area is 72.3 Å². The van der Waals surface area contributed by atoms with Gasteiger partial charge >= 0.3 is 0 Å². The monoisotopic (exact) mass is 167 g/mol. The van der Waals surface area contributed by atoms with Gasteiger partial charge in [0.05, 0.1) is 0 Å². The highest BCUT2D eigenvalue weighted by atomic mass is 32.2. The summed E-state index contributed by atoms with van der Waals surface area (Å²) >= 11 is 1.94. The average Bonchev–Trinajstić information content (AvgIpc) is 2.04. The molecule has 0 aromatic rings. The zero-order valence-corrected chi connectivity index (χ0v) is 7.66. The van der Waals surface area contributed by atoms with Crippen LogP contribution in [0.5, 0.6) is 0 Å². The fourth-order valence-electron chi connectivity index (χ4n) is 1.24. The first-order valence-electron chi connectivity index (χ1n) is 3.69. The van der Waals surface area contributed by atoms with Gasteiger partial charge in [0.2, 0.25) is 0 Å². The Morgan fingerprint density at radius 1 is 1.73 bits per heavy atom. The Kier molecular flexibility index (Phi) is 2.94. The minimum absolute atomic E-state index is 0.541. The molecule has 0 aromatic carbocycles. The molecular formula is C9H13NS. The van der Waals surface area contributed by atoms with Crippen molar-refractivity contribution in [2.45, 2.75) is 6.92 Å². The van der Waals surface area contributed by atoms with Crippen molar-refractivity contribution < 1.29 is 0 Å². The molecule has 11 heavy (non-hydrogen) atoms. The Hall–Kier alpha value is -0.500. The van der Waals surface area contributed by atoms with Gasteiger partial charge in [0.1, 0.15) is 0 Å². The van der Waals surface area contributed by atoms with Crippen LogP contribution in [0.2, 0.25) is 0 Å². The van der Waals surface area contributed by atoms with Crippen LogP contribution >= 0.6 is 11.8 Å². The molecule has 0 saturated carbocycles. The fourth-order valence-corrected chi connectivity index (χ4v) is 2.35. The van der Waals surface area contributed by atoms with Gasteiger partial charge in [0.15, 0.2) is 0 Å². The molecule has 0 radical (unpaired) electrons. The maximum absolute atomic E-state index is 4.03. The summed E-state index contributed by atoms with van der Waals surface area (Å²) in [6.07, 6.45) is 1.90. The van der Waals surface area contributed by atoms with Crippen molar-refractivity contribution in [3.63, 3.8) is 0 Å². The lowest BCUT2D eigenvalue weighted by atomic mass is 10.1. The lowest BCUT2D eigenvalue weighted by molar-refractivity contribution is 0.756. The van der Waals surface area contributed by atoms with E-state index in [4.69, 9.17) is 0 Å². The van der Waals surface area contributed by atoms with Crippen molar-refractivity contribution in [3.8, 4) is 0 Å². The maximum atomic E-state index is 4.03. The van der Waals surface area contributed by atoms with Crippen LogP contribution in [0.4, 0.5) is 0 Å². The molecule has 1 rings (SSSR count). The molecule has 2 heteroatoms. The van der Waals surface area contributed by atoms with Crippen molar-refractivity contribution in [2.75, 3.05) is 11.5 Å². The van der Waals surface area contributed by atoms with Gasteiger partial charge in [-0.3, -0.25) is 4.99 Å². The molecule has 0 aromatic heterocycles. The van der Waals surface area contributed by atoms with Gasteiger partial charge in [-0.15, -0.1) is 0 Å². The van der Waals surface area contributed by atoms with Crippen LogP contribution in [-0.2, 0) is 0 Å². The summed E-state index contributed by atoms with van der Waals surface area (Å²) in [7, 11) is 0. The van der Waals surface area contributed by atoms with Gasteiger partial charge in [0, 0.05) is 23.1 Å². The minimum Gasteiger partial charge on any atom is -0.268 e. The molecule has 0 saturated heterocycles. The summed E-state index contributed by atoms with van der Waals surface area (Å²) in [5, 5.41) is 0. The number of aliphatic imine (C=N–C) groups is 1. The first kappa shape index (κ1) is 8.60. The van der Waals surface area contributed by atoms with Gasteiger partial charge in [-0.25, -0.2) is 0 Å². The summed E-state index contributed by atoms with van der Waals surface area (Å²) in [4.78, 5) is 4.03. The van der Waals surface area contributed by atoms with Crippen LogP contribution in [0.15, 0.2) is 28.9 Å². The normalized spacial score (nSPS) is 25.0. The molecule has 1 aliphatic heterocycles. The summed E-state index contributed by atoms with van der Waals surface area (Å²) in [6.45, 7) is 9.51. The van der Waals surface area contributed by atoms with Crippen LogP contribution in [0.1, 0.15) is 6.92 Å². The van der Waals surface area contributed by atoms with Crippen LogP contribution in [0.3, 0.4) is 0 Å². The zero-order chi connectivity index (χ0) is 8.27. The summed E-state index contributed by atoms with van der Waals surface area (Å²) < 4.78 is 0. The van der Waals surface area contributed by atoms with E-state index in [0.29, 0.717) is 5.92 Å². The van der Waals surface area contributed by atoms with Crippen LogP contribution in [0, 0.1) is 5.92 Å². The van der Waals surface area contributed by atoms with Gasteiger partial charge in [-0.2, -0.15) is 11.8 Å². The van der Waals surface area contributed by atoms with E-state index in [1.54, 1.807) is 0 Å². The number of hydrogen-bond donors (Lipinski definition) is 0. The average molecular weight is 167 g/mol. The van der Waals surface area contributed by atoms with E-state index in [9.17, 15) is 0 Å². The predicted octanol–water partition coefficient (Wildman–Crippen LogP) is 2.51. The van der Waals surface area contributed by atoms with Crippen LogP contribution < -0.4 is 0 Å². The van der Waals surface area contributed by atoms with E-state index in [2.05, 4.69) is 25.2 Å². The molecule has 1 atom stereocenters. The minimum atomic E-state index is 0.541. The molecule has 0 aliphatic carbocycles. The van der Waals surface area contributed by atoms with E-state index in [-0.39, 0.29) is 0 Å². The molecule has 0 amide bonds. The zero-order valence-electron chi connectivity index (χ0n) is 6.84. The summed E-state index contributed by atoms with van der Waals surface area (Å²) in [5.41, 5.74) is 2.39. The van der Waals surface area contributed by atoms with Crippen molar-refractivity contribution in [2.24, 2.45) is 10.9 Å². The molecule has 0 bridgehead atoms. The topological polar surface area (TPSA) is 12.4 Å². The molecule has 1 unspecified atom stereocenters. The molecule has 0 N–H and O–H groups in total. The molecule has 0 fully saturated rings. The Morgan fingerprint density at radius 3 is 2.91 bits per heavy atom. The Bertz CT molecular complexity index is 206. The lowest BCUT2D eigenvalue weighted by Gasteiger charge is -2.20. The first-order valence-corrected chi connectivity index (χ1v) is 4.85. The van der Waals surface area contributed by atoms with Crippen molar-refractivity contribution in [1.82, 2.24) is 0 Å². The van der Waals surface area contributed by atoms with E-state index < -0.39 is 0 Å². The molecule has 60 valence electrons. The summed E-state index contributed by atoms with van der Waals surface area (Å²) in [5.74, 6) is 2.74. The number of hydrogen-bond acceptors (Lipinski definition) is 2. The fraction of sp³-hybridized carbons (Fsp3) is 0.444. The number of rotatable bonds is 2. The number of allylic oxidation sites excluding steroid dienone is 2. The number of thioether (sulfide) groups is 1. The molecule has 1 heterocycles. The van der Waals surface area contributed by atoms with Crippen molar-refractivity contribution >= 4 is 18.5 Å². The van der Waals surface area contributed by atoms with Gasteiger partial charge < -0.3 is 0 Å². The van der Waals surface area contributed by atoms with Crippen LogP contribution in [-0.4, -0.2) is 18.2 Å². The van der Waals surface area contributed by atoms with E-state index in [0.717, 1.165) is 17.2 Å². The van der Waals surface area contributed by atoms with Crippen LogP contribution in [0.25, 0.3) is 0 Å². The van der Waals surface area contributed by atoms with Gasteiger partial charge in [-0.1, -0.05) is 19.6 Å². The highest BCUT2D eigenvalue weighted by molar-refractivity contribution is 7.99. The molecular weight excluding hydrogens is 154 g/mol. The second-order valence-corrected chi connectivity index (χ2v) is 3.72. The van der Waals surface area contributed by atoms with E-state index in [1.165, 1.54) is 5.57 Å². The number of nitrogens with zero attached hydrogens (tertiary/aromatic N) is 1. The largest absolute Gasteiger partial charge is 0.268 e.